The first-order chi connectivity index (χ1) is 10.4. The Morgan fingerprint density at radius 1 is 1.23 bits per heavy atom. The van der Waals surface area contributed by atoms with E-state index in [0.717, 1.165) is 4.68 Å². The molecule has 0 radical (unpaired) electrons. The fourth-order valence-corrected chi connectivity index (χ4v) is 1.88. The van der Waals surface area contributed by atoms with E-state index in [0.29, 0.717) is 11.3 Å². The lowest BCUT2D eigenvalue weighted by atomic mass is 10.2. The minimum atomic E-state index is -0.659. The molecule has 2 amide bonds. The van der Waals surface area contributed by atoms with E-state index in [4.69, 9.17) is 28.9 Å². The van der Waals surface area contributed by atoms with Gasteiger partial charge in [-0.25, -0.2) is 4.68 Å². The fraction of sp³-hybridized carbons (Fsp3) is 0.0769. The van der Waals surface area contributed by atoms with Crippen molar-refractivity contribution in [1.82, 2.24) is 9.78 Å². The number of nitrogens with zero attached hydrogens (tertiary/aromatic N) is 2. The number of nitrogens with two attached hydrogens (primary N) is 1. The van der Waals surface area contributed by atoms with Gasteiger partial charge in [0.2, 0.25) is 11.8 Å². The summed E-state index contributed by atoms with van der Waals surface area (Å²) in [5, 5.41) is 6.09. The van der Waals surface area contributed by atoms with Crippen LogP contribution in [0.4, 0.5) is 5.69 Å². The highest BCUT2D eigenvalue weighted by atomic mass is 35.5. The lowest BCUT2D eigenvalue weighted by Crippen LogP contribution is -2.29. The van der Waals surface area contributed by atoms with Crippen LogP contribution in [0.25, 0.3) is 0 Å². The van der Waals surface area contributed by atoms with E-state index in [2.05, 4.69) is 10.4 Å². The van der Waals surface area contributed by atoms with E-state index in [-0.39, 0.29) is 16.6 Å². The number of amides is 2. The van der Waals surface area contributed by atoms with Crippen molar-refractivity contribution in [3.8, 4) is 0 Å². The molecule has 0 fully saturated rings. The topological polar surface area (TPSA) is 107 Å². The van der Waals surface area contributed by atoms with Crippen LogP contribution < -0.4 is 16.6 Å². The van der Waals surface area contributed by atoms with Crippen LogP contribution in [0, 0.1) is 0 Å². The molecule has 0 bridgehead atoms. The van der Waals surface area contributed by atoms with Crippen molar-refractivity contribution in [1.29, 1.82) is 0 Å². The summed E-state index contributed by atoms with van der Waals surface area (Å²) < 4.78 is 0.890. The molecule has 7 nitrogen and oxygen atoms in total. The molecule has 0 aliphatic carbocycles. The smallest absolute Gasteiger partial charge is 0.287 e. The molecular formula is C13H10Cl2N4O3. The van der Waals surface area contributed by atoms with Crippen LogP contribution in [0.3, 0.4) is 0 Å². The molecule has 2 aromatic rings. The molecule has 1 aromatic carbocycles. The number of carbonyl (C=O) groups is 2. The average molecular weight is 341 g/mol. The van der Waals surface area contributed by atoms with Gasteiger partial charge in [0.05, 0.1) is 11.2 Å². The van der Waals surface area contributed by atoms with Gasteiger partial charge in [0, 0.05) is 11.3 Å². The van der Waals surface area contributed by atoms with Gasteiger partial charge in [-0.1, -0.05) is 23.2 Å². The number of anilines is 1. The van der Waals surface area contributed by atoms with E-state index in [9.17, 15) is 14.4 Å². The summed E-state index contributed by atoms with van der Waals surface area (Å²) in [7, 11) is 0. The van der Waals surface area contributed by atoms with Gasteiger partial charge in [0.1, 0.15) is 11.6 Å². The van der Waals surface area contributed by atoms with Crippen LogP contribution in [-0.4, -0.2) is 21.6 Å². The molecule has 114 valence electrons. The Labute approximate surface area is 134 Å². The zero-order valence-corrected chi connectivity index (χ0v) is 12.6. The van der Waals surface area contributed by atoms with Crippen molar-refractivity contribution in [2.24, 2.45) is 5.73 Å². The van der Waals surface area contributed by atoms with E-state index in [1.807, 2.05) is 0 Å². The molecule has 9 heteroatoms. The molecule has 0 atom stereocenters. The molecule has 0 aliphatic rings. The number of halogens is 2. The Morgan fingerprint density at radius 2 is 1.86 bits per heavy atom. The molecule has 0 saturated heterocycles. The lowest BCUT2D eigenvalue weighted by molar-refractivity contribution is -0.117. The third kappa shape index (κ3) is 3.63. The summed E-state index contributed by atoms with van der Waals surface area (Å²) in [4.78, 5) is 34.6. The predicted octanol–water partition coefficient (Wildman–Crippen LogP) is 1.29. The second-order valence-electron chi connectivity index (χ2n) is 4.26. The quantitative estimate of drug-likeness (QED) is 0.874. The van der Waals surface area contributed by atoms with E-state index >= 15 is 0 Å². The summed E-state index contributed by atoms with van der Waals surface area (Å²) in [6.45, 7) is -0.326. The summed E-state index contributed by atoms with van der Waals surface area (Å²) in [5.41, 5.74) is 5.22. The van der Waals surface area contributed by atoms with Crippen LogP contribution in [0.2, 0.25) is 10.0 Å². The average Bonchev–Trinajstić information content (AvgIpc) is 2.48. The second kappa shape index (κ2) is 6.59. The van der Waals surface area contributed by atoms with E-state index in [1.54, 1.807) is 0 Å². The normalized spacial score (nSPS) is 10.3. The maximum Gasteiger partial charge on any atom is 0.287 e. The Hall–Kier alpha value is -2.38. The first kappa shape index (κ1) is 16.0. The van der Waals surface area contributed by atoms with Crippen molar-refractivity contribution in [2.45, 2.75) is 6.54 Å². The van der Waals surface area contributed by atoms with Crippen molar-refractivity contribution >= 4 is 40.7 Å². The Morgan fingerprint density at radius 3 is 2.45 bits per heavy atom. The Balaban J connectivity index is 2.09. The standard InChI is InChI=1S/C13H10Cl2N4O3/c14-9-5-17-19(13(22)11(9)15)6-10(20)18-8-3-1-7(2-4-8)12(16)21/h1-5H,6H2,(H2,16,21)(H,18,20). The van der Waals surface area contributed by atoms with E-state index < -0.39 is 17.4 Å². The molecule has 0 unspecified atom stereocenters. The largest absolute Gasteiger partial charge is 0.366 e. The van der Waals surface area contributed by atoms with Crippen molar-refractivity contribution in [3.63, 3.8) is 0 Å². The third-order valence-corrected chi connectivity index (χ3v) is 3.44. The highest BCUT2D eigenvalue weighted by molar-refractivity contribution is 6.41. The SMILES string of the molecule is NC(=O)c1ccc(NC(=O)Cn2ncc(Cl)c(Cl)c2=O)cc1. The molecular weight excluding hydrogens is 331 g/mol. The summed E-state index contributed by atoms with van der Waals surface area (Å²) in [6, 6.07) is 5.98. The number of rotatable bonds is 4. The van der Waals surface area contributed by atoms with Crippen LogP contribution in [0.1, 0.15) is 10.4 Å². The highest BCUT2D eigenvalue weighted by Gasteiger charge is 2.11. The molecule has 1 heterocycles. The van der Waals surface area contributed by atoms with Crippen LogP contribution in [-0.2, 0) is 11.3 Å². The number of nitrogens with one attached hydrogen (secondary N) is 1. The number of aromatic nitrogens is 2. The monoisotopic (exact) mass is 340 g/mol. The van der Waals surface area contributed by atoms with Crippen molar-refractivity contribution in [3.05, 3.63) is 56.4 Å². The van der Waals surface area contributed by atoms with Gasteiger partial charge < -0.3 is 11.1 Å². The number of hydrogen-bond donors (Lipinski definition) is 2. The Kier molecular flexibility index (Phi) is 4.79. The van der Waals surface area contributed by atoms with Crippen LogP contribution in [0.5, 0.6) is 0 Å². The van der Waals surface area contributed by atoms with Gasteiger partial charge in [-0.3, -0.25) is 14.4 Å². The molecule has 0 saturated carbocycles. The molecule has 1 aromatic heterocycles. The molecule has 0 spiro atoms. The summed E-state index contributed by atoms with van der Waals surface area (Å²) in [5.74, 6) is -1.05. The molecule has 3 N–H and O–H groups in total. The van der Waals surface area contributed by atoms with Gasteiger partial charge in [0.25, 0.3) is 5.56 Å². The molecule has 22 heavy (non-hydrogen) atoms. The zero-order valence-electron chi connectivity index (χ0n) is 11.0. The third-order valence-electron chi connectivity index (χ3n) is 2.69. The van der Waals surface area contributed by atoms with Gasteiger partial charge in [-0.05, 0) is 24.3 Å². The minimum absolute atomic E-state index is 0.0189. The molecule has 2 rings (SSSR count). The first-order valence-corrected chi connectivity index (χ1v) is 6.75. The van der Waals surface area contributed by atoms with Gasteiger partial charge in [-0.2, -0.15) is 5.10 Å². The zero-order chi connectivity index (χ0) is 16.3. The number of benzene rings is 1. The number of primary amides is 1. The molecule has 0 aliphatic heterocycles. The van der Waals surface area contributed by atoms with Crippen LogP contribution >= 0.6 is 23.2 Å². The van der Waals surface area contributed by atoms with Gasteiger partial charge >= 0.3 is 0 Å². The minimum Gasteiger partial charge on any atom is -0.366 e. The second-order valence-corrected chi connectivity index (χ2v) is 5.04. The Bertz CT molecular complexity index is 787. The van der Waals surface area contributed by atoms with Crippen LogP contribution in [0.15, 0.2) is 35.3 Å². The number of hydrogen-bond acceptors (Lipinski definition) is 4. The lowest BCUT2D eigenvalue weighted by Gasteiger charge is -2.07. The maximum absolute atomic E-state index is 11.9. The van der Waals surface area contributed by atoms with Gasteiger partial charge in [0.15, 0.2) is 0 Å². The summed E-state index contributed by atoms with van der Waals surface area (Å²) in [6.07, 6.45) is 1.18. The van der Waals surface area contributed by atoms with Crippen molar-refractivity contribution in [2.75, 3.05) is 5.32 Å². The highest BCUT2D eigenvalue weighted by Crippen LogP contribution is 2.14. The predicted molar refractivity (Wildman–Crippen MR) is 82.1 cm³/mol. The van der Waals surface area contributed by atoms with Gasteiger partial charge in [-0.15, -0.1) is 0 Å². The van der Waals surface area contributed by atoms with Crippen molar-refractivity contribution < 1.29 is 9.59 Å². The van der Waals surface area contributed by atoms with E-state index in [1.165, 1.54) is 30.5 Å². The summed E-state index contributed by atoms with van der Waals surface area (Å²) >= 11 is 11.3. The first-order valence-electron chi connectivity index (χ1n) is 5.99. The number of carbonyl (C=O) groups excluding carboxylic acids is 2. The maximum atomic E-state index is 11.9. The fourth-order valence-electron chi connectivity index (χ4n) is 1.61.